The van der Waals surface area contributed by atoms with Crippen molar-refractivity contribution in [2.75, 3.05) is 0 Å². The number of hydrogen-bond donors (Lipinski definition) is 0. The number of hydrogen-bond acceptors (Lipinski definition) is 0. The zero-order valence-corrected chi connectivity index (χ0v) is 11.9. The van der Waals surface area contributed by atoms with Gasteiger partial charge in [-0.15, -0.1) is 0 Å². The SMILES string of the molecule is C=Cc1ccccc1C=C.CC.CC.CC. The Labute approximate surface area is 103 Å². The highest BCUT2D eigenvalue weighted by Gasteiger charge is 1.89. The molecule has 0 amide bonds. The third-order valence-corrected chi connectivity index (χ3v) is 1.44. The zero-order valence-electron chi connectivity index (χ0n) is 11.9. The molecule has 16 heavy (non-hydrogen) atoms. The van der Waals surface area contributed by atoms with Gasteiger partial charge in [0.05, 0.1) is 0 Å². The van der Waals surface area contributed by atoms with Gasteiger partial charge in [-0.25, -0.2) is 0 Å². The predicted octanol–water partition coefficient (Wildman–Crippen LogP) is 6.05. The summed E-state index contributed by atoms with van der Waals surface area (Å²) in [7, 11) is 0. The third-order valence-electron chi connectivity index (χ3n) is 1.44. The Morgan fingerprint density at radius 3 is 1.12 bits per heavy atom. The first-order chi connectivity index (χ1) is 7.88. The molecule has 0 aliphatic heterocycles. The van der Waals surface area contributed by atoms with Crippen LogP contribution < -0.4 is 0 Å². The van der Waals surface area contributed by atoms with E-state index in [0.717, 1.165) is 11.1 Å². The highest BCUT2D eigenvalue weighted by Crippen LogP contribution is 2.10. The van der Waals surface area contributed by atoms with Crippen LogP contribution in [0.1, 0.15) is 52.7 Å². The normalized spacial score (nSPS) is 6.62. The molecule has 0 aliphatic carbocycles. The maximum absolute atomic E-state index is 3.69. The molecule has 0 saturated carbocycles. The predicted molar refractivity (Wildman–Crippen MR) is 80.7 cm³/mol. The average Bonchev–Trinajstić information content (AvgIpc) is 2.45. The molecule has 0 radical (unpaired) electrons. The second kappa shape index (κ2) is 19.3. The molecule has 0 nitrogen and oxygen atoms in total. The number of rotatable bonds is 2. The molecule has 0 N–H and O–H groups in total. The van der Waals surface area contributed by atoms with Gasteiger partial charge in [-0.1, -0.05) is 91.1 Å². The van der Waals surface area contributed by atoms with E-state index < -0.39 is 0 Å². The van der Waals surface area contributed by atoms with Crippen LogP contribution >= 0.6 is 0 Å². The smallest absolute Gasteiger partial charge is 0.0190 e. The van der Waals surface area contributed by atoms with Crippen LogP contribution in [-0.2, 0) is 0 Å². The molecule has 0 heterocycles. The maximum Gasteiger partial charge on any atom is -0.0190 e. The van der Waals surface area contributed by atoms with E-state index in [1.807, 2.05) is 78.0 Å². The molecular weight excluding hydrogens is 192 g/mol. The van der Waals surface area contributed by atoms with Crippen molar-refractivity contribution in [1.29, 1.82) is 0 Å². The van der Waals surface area contributed by atoms with Crippen molar-refractivity contribution in [3.8, 4) is 0 Å². The largest absolute Gasteiger partial charge is 0.0984 e. The van der Waals surface area contributed by atoms with E-state index in [-0.39, 0.29) is 0 Å². The van der Waals surface area contributed by atoms with Crippen LogP contribution in [-0.4, -0.2) is 0 Å². The summed E-state index contributed by atoms with van der Waals surface area (Å²) in [5.74, 6) is 0. The first kappa shape index (κ1) is 20.2. The third kappa shape index (κ3) is 9.26. The van der Waals surface area contributed by atoms with Crippen molar-refractivity contribution in [2.24, 2.45) is 0 Å². The topological polar surface area (TPSA) is 0 Å². The highest BCUT2D eigenvalue weighted by atomic mass is 13.9. The van der Waals surface area contributed by atoms with Gasteiger partial charge >= 0.3 is 0 Å². The average molecular weight is 220 g/mol. The van der Waals surface area contributed by atoms with E-state index in [1.165, 1.54) is 0 Å². The van der Waals surface area contributed by atoms with Crippen LogP contribution in [0, 0.1) is 0 Å². The van der Waals surface area contributed by atoms with Crippen LogP contribution in [0.15, 0.2) is 37.4 Å². The minimum Gasteiger partial charge on any atom is -0.0984 e. The van der Waals surface area contributed by atoms with Crippen LogP contribution in [0.4, 0.5) is 0 Å². The second-order valence-electron chi connectivity index (χ2n) is 2.04. The first-order valence-electron chi connectivity index (χ1n) is 6.22. The highest BCUT2D eigenvalue weighted by molar-refractivity contribution is 5.63. The molecule has 0 spiro atoms. The summed E-state index contributed by atoms with van der Waals surface area (Å²) in [4.78, 5) is 0. The van der Waals surface area contributed by atoms with E-state index >= 15 is 0 Å². The second-order valence-corrected chi connectivity index (χ2v) is 2.04. The van der Waals surface area contributed by atoms with Crippen LogP contribution in [0.25, 0.3) is 12.2 Å². The minimum atomic E-state index is 1.14. The summed E-state index contributed by atoms with van der Waals surface area (Å²) in [6, 6.07) is 8.02. The Kier molecular flexibility index (Phi) is 24.3. The monoisotopic (exact) mass is 220 g/mol. The van der Waals surface area contributed by atoms with Gasteiger partial charge in [0.15, 0.2) is 0 Å². The molecule has 0 unspecified atom stereocenters. The molecule has 0 atom stereocenters. The van der Waals surface area contributed by atoms with Gasteiger partial charge in [-0.2, -0.15) is 0 Å². The van der Waals surface area contributed by atoms with Crippen molar-refractivity contribution in [3.63, 3.8) is 0 Å². The van der Waals surface area contributed by atoms with E-state index in [0.29, 0.717) is 0 Å². The minimum absolute atomic E-state index is 1.14. The van der Waals surface area contributed by atoms with Gasteiger partial charge in [-0.3, -0.25) is 0 Å². The van der Waals surface area contributed by atoms with E-state index in [1.54, 1.807) is 0 Å². The Balaban J connectivity index is -0.000000245. The fourth-order valence-corrected chi connectivity index (χ4v) is 0.883. The van der Waals surface area contributed by atoms with E-state index in [9.17, 15) is 0 Å². The molecule has 0 fully saturated rings. The Hall–Kier alpha value is -1.30. The summed E-state index contributed by atoms with van der Waals surface area (Å²) in [6.45, 7) is 19.4. The zero-order chi connectivity index (χ0) is 13.4. The van der Waals surface area contributed by atoms with Gasteiger partial charge in [0.2, 0.25) is 0 Å². The van der Waals surface area contributed by atoms with Crippen molar-refractivity contribution < 1.29 is 0 Å². The standard InChI is InChI=1S/C10H10.3C2H6/c1-3-9-7-5-6-8-10(9)4-2;3*1-2/h3-8H,1-2H2;3*1-2H3. The van der Waals surface area contributed by atoms with E-state index in [4.69, 9.17) is 0 Å². The summed E-state index contributed by atoms with van der Waals surface area (Å²) in [5, 5.41) is 0. The molecule has 92 valence electrons. The quantitative estimate of drug-likeness (QED) is 0.569. The first-order valence-corrected chi connectivity index (χ1v) is 6.22. The molecule has 0 saturated heterocycles. The van der Waals surface area contributed by atoms with Crippen LogP contribution in [0.5, 0.6) is 0 Å². The molecule has 0 heteroatoms. The van der Waals surface area contributed by atoms with Crippen molar-refractivity contribution in [2.45, 2.75) is 41.5 Å². The van der Waals surface area contributed by atoms with Crippen molar-refractivity contribution in [1.82, 2.24) is 0 Å². The Morgan fingerprint density at radius 1 is 0.688 bits per heavy atom. The Bertz CT molecular complexity index is 219. The summed E-state index contributed by atoms with van der Waals surface area (Å²) in [6.07, 6.45) is 3.66. The lowest BCUT2D eigenvalue weighted by molar-refractivity contribution is 1.50. The molecule has 1 rings (SSSR count). The molecule has 1 aromatic rings. The van der Waals surface area contributed by atoms with Crippen LogP contribution in [0.2, 0.25) is 0 Å². The molecule has 0 bridgehead atoms. The summed E-state index contributed by atoms with van der Waals surface area (Å²) < 4.78 is 0. The van der Waals surface area contributed by atoms with E-state index in [2.05, 4.69) is 13.2 Å². The molecular formula is C16H28. The molecule has 0 aliphatic rings. The van der Waals surface area contributed by atoms with Crippen molar-refractivity contribution in [3.05, 3.63) is 48.6 Å². The Morgan fingerprint density at radius 2 is 0.938 bits per heavy atom. The summed E-state index contributed by atoms with van der Waals surface area (Å²) in [5.41, 5.74) is 2.27. The molecule has 1 aromatic carbocycles. The lowest BCUT2D eigenvalue weighted by atomic mass is 10.1. The maximum atomic E-state index is 3.69. The van der Waals surface area contributed by atoms with Gasteiger partial charge in [0, 0.05) is 0 Å². The van der Waals surface area contributed by atoms with Gasteiger partial charge in [0.1, 0.15) is 0 Å². The van der Waals surface area contributed by atoms with Gasteiger partial charge < -0.3 is 0 Å². The lowest BCUT2D eigenvalue weighted by Crippen LogP contribution is -1.76. The van der Waals surface area contributed by atoms with Crippen molar-refractivity contribution >= 4 is 12.2 Å². The fourth-order valence-electron chi connectivity index (χ4n) is 0.883. The number of benzene rings is 1. The van der Waals surface area contributed by atoms with Gasteiger partial charge in [0.25, 0.3) is 0 Å². The fraction of sp³-hybridized carbons (Fsp3) is 0.375. The molecule has 0 aromatic heterocycles. The summed E-state index contributed by atoms with van der Waals surface area (Å²) >= 11 is 0. The van der Waals surface area contributed by atoms with Gasteiger partial charge in [-0.05, 0) is 11.1 Å². The van der Waals surface area contributed by atoms with Crippen LogP contribution in [0.3, 0.4) is 0 Å². The lowest BCUT2D eigenvalue weighted by Gasteiger charge is -1.96.